The predicted octanol–water partition coefficient (Wildman–Crippen LogP) is 3.26. The molecule has 0 aromatic heterocycles. The summed E-state index contributed by atoms with van der Waals surface area (Å²) in [7, 11) is 0. The minimum atomic E-state index is -0.101. The summed E-state index contributed by atoms with van der Waals surface area (Å²) in [5.41, 5.74) is 0.677. The molecule has 1 amide bonds. The van der Waals surface area contributed by atoms with Gasteiger partial charge in [-0.3, -0.25) is 4.79 Å². The maximum atomic E-state index is 13.0. The van der Waals surface area contributed by atoms with E-state index in [1.54, 1.807) is 0 Å². The van der Waals surface area contributed by atoms with E-state index < -0.39 is 0 Å². The molecule has 0 heterocycles. The van der Waals surface area contributed by atoms with Gasteiger partial charge in [0.25, 0.3) is 0 Å². The topological polar surface area (TPSA) is 49.3 Å². The molecule has 4 aliphatic rings. The lowest BCUT2D eigenvalue weighted by Gasteiger charge is -2.64. The second-order valence-electron chi connectivity index (χ2n) is 9.15. The van der Waals surface area contributed by atoms with Crippen LogP contribution < -0.4 is 5.32 Å². The van der Waals surface area contributed by atoms with Gasteiger partial charge in [-0.1, -0.05) is 13.8 Å². The molecule has 4 aliphatic carbocycles. The molecule has 4 rings (SSSR count). The van der Waals surface area contributed by atoms with Gasteiger partial charge in [-0.2, -0.15) is 0 Å². The van der Waals surface area contributed by atoms with Crippen LogP contribution in [0.3, 0.4) is 0 Å². The fraction of sp³-hybridized carbons (Fsp3) is 0.944. The number of rotatable bonds is 5. The molecular weight excluding hydrogens is 262 g/mol. The highest BCUT2D eigenvalue weighted by molar-refractivity contribution is 5.83. The molecule has 0 aromatic carbocycles. The summed E-state index contributed by atoms with van der Waals surface area (Å²) >= 11 is 0. The van der Waals surface area contributed by atoms with Gasteiger partial charge in [0.15, 0.2) is 0 Å². The number of carbonyl (C=O) groups excluding carboxylic acids is 1. The van der Waals surface area contributed by atoms with E-state index in [1.807, 2.05) is 0 Å². The summed E-state index contributed by atoms with van der Waals surface area (Å²) in [6.45, 7) is 7.10. The lowest BCUT2D eigenvalue weighted by atomic mass is 9.40. The van der Waals surface area contributed by atoms with Gasteiger partial charge < -0.3 is 10.4 Å². The first-order valence-electron chi connectivity index (χ1n) is 8.70. The number of hydrogen-bond acceptors (Lipinski definition) is 2. The summed E-state index contributed by atoms with van der Waals surface area (Å²) in [6.07, 6.45) is 8.90. The summed E-state index contributed by atoms with van der Waals surface area (Å²) in [6, 6.07) is 0.179. The normalized spacial score (nSPS) is 45.6. The Labute approximate surface area is 128 Å². The van der Waals surface area contributed by atoms with Crippen molar-refractivity contribution in [2.24, 2.45) is 22.2 Å². The van der Waals surface area contributed by atoms with Crippen molar-refractivity contribution in [3.8, 4) is 0 Å². The predicted molar refractivity (Wildman–Crippen MR) is 83.8 cm³/mol. The summed E-state index contributed by atoms with van der Waals surface area (Å²) in [5.74, 6) is 1.06. The zero-order chi connectivity index (χ0) is 15.3. The minimum absolute atomic E-state index is 0.101. The molecule has 0 aliphatic heterocycles. The van der Waals surface area contributed by atoms with Gasteiger partial charge in [0.2, 0.25) is 5.91 Å². The molecule has 3 atom stereocenters. The van der Waals surface area contributed by atoms with Crippen LogP contribution >= 0.6 is 0 Å². The molecule has 4 bridgehead atoms. The van der Waals surface area contributed by atoms with Crippen LogP contribution in [0.25, 0.3) is 0 Å². The van der Waals surface area contributed by atoms with Crippen molar-refractivity contribution in [3.63, 3.8) is 0 Å². The molecule has 0 spiro atoms. The number of hydrogen-bond donors (Lipinski definition) is 2. The van der Waals surface area contributed by atoms with E-state index in [0.29, 0.717) is 16.7 Å². The molecule has 0 radical (unpaired) electrons. The lowest BCUT2D eigenvalue weighted by Crippen LogP contribution is -2.60. The first-order chi connectivity index (χ1) is 9.78. The van der Waals surface area contributed by atoms with Crippen LogP contribution in [0.15, 0.2) is 0 Å². The lowest BCUT2D eigenvalue weighted by molar-refractivity contribution is -0.170. The molecule has 3 nitrogen and oxygen atoms in total. The Kier molecular flexibility index (Phi) is 3.63. The standard InChI is InChI=1S/C18H31NO2/c1-13(5-4-6-20)19-15(21)18-9-14-7-16(2,11-18)10-17(3,8-14)12-18/h13-14,20H,4-12H2,1-3H3,(H,19,21). The van der Waals surface area contributed by atoms with Gasteiger partial charge in [-0.05, 0) is 75.0 Å². The van der Waals surface area contributed by atoms with Crippen molar-refractivity contribution in [2.45, 2.75) is 78.2 Å². The molecule has 3 unspecified atom stereocenters. The maximum Gasteiger partial charge on any atom is 0.226 e. The van der Waals surface area contributed by atoms with Gasteiger partial charge in [-0.25, -0.2) is 0 Å². The minimum Gasteiger partial charge on any atom is -0.396 e. The second kappa shape index (κ2) is 4.97. The van der Waals surface area contributed by atoms with Gasteiger partial charge in [0.05, 0.1) is 5.41 Å². The Morgan fingerprint density at radius 2 is 1.81 bits per heavy atom. The van der Waals surface area contributed by atoms with E-state index in [2.05, 4.69) is 26.1 Å². The summed E-state index contributed by atoms with van der Waals surface area (Å²) < 4.78 is 0. The van der Waals surface area contributed by atoms with Crippen LogP contribution in [-0.4, -0.2) is 23.7 Å². The Hall–Kier alpha value is -0.570. The molecule has 0 aromatic rings. The van der Waals surface area contributed by atoms with Crippen molar-refractivity contribution in [3.05, 3.63) is 0 Å². The molecule has 3 heteroatoms. The van der Waals surface area contributed by atoms with Crippen LogP contribution in [0.1, 0.15) is 72.1 Å². The molecule has 120 valence electrons. The van der Waals surface area contributed by atoms with E-state index in [9.17, 15) is 4.79 Å². The zero-order valence-corrected chi connectivity index (χ0v) is 13.9. The highest BCUT2D eigenvalue weighted by Crippen LogP contribution is 2.69. The first-order valence-corrected chi connectivity index (χ1v) is 8.70. The number of aliphatic hydroxyl groups is 1. The van der Waals surface area contributed by atoms with Gasteiger partial charge in [0.1, 0.15) is 0 Å². The highest BCUT2D eigenvalue weighted by atomic mass is 16.3. The summed E-state index contributed by atoms with van der Waals surface area (Å²) in [4.78, 5) is 13.0. The van der Waals surface area contributed by atoms with Crippen LogP contribution in [-0.2, 0) is 4.79 Å². The largest absolute Gasteiger partial charge is 0.396 e. The third kappa shape index (κ3) is 2.74. The van der Waals surface area contributed by atoms with E-state index in [4.69, 9.17) is 5.11 Å². The van der Waals surface area contributed by atoms with Crippen LogP contribution in [0.4, 0.5) is 0 Å². The van der Waals surface area contributed by atoms with Gasteiger partial charge in [0, 0.05) is 12.6 Å². The fourth-order valence-corrected chi connectivity index (χ4v) is 6.55. The van der Waals surface area contributed by atoms with Crippen molar-refractivity contribution < 1.29 is 9.90 Å². The highest BCUT2D eigenvalue weighted by Gasteiger charge is 2.62. The Balaban J connectivity index is 1.73. The van der Waals surface area contributed by atoms with E-state index >= 15 is 0 Å². The SMILES string of the molecule is CC(CCCO)NC(=O)C12CC3CC(C)(CC(C)(C3)C1)C2. The average molecular weight is 293 g/mol. The van der Waals surface area contributed by atoms with Crippen molar-refractivity contribution in [2.75, 3.05) is 6.61 Å². The molecular formula is C18H31NO2. The summed E-state index contributed by atoms with van der Waals surface area (Å²) in [5, 5.41) is 12.2. The first kappa shape index (κ1) is 15.3. The number of carbonyl (C=O) groups is 1. The Morgan fingerprint density at radius 1 is 1.19 bits per heavy atom. The fourth-order valence-electron chi connectivity index (χ4n) is 6.55. The molecule has 2 N–H and O–H groups in total. The second-order valence-corrected chi connectivity index (χ2v) is 9.15. The van der Waals surface area contributed by atoms with Gasteiger partial charge in [-0.15, -0.1) is 0 Å². The van der Waals surface area contributed by atoms with Gasteiger partial charge >= 0.3 is 0 Å². The number of amides is 1. The number of aliphatic hydroxyl groups excluding tert-OH is 1. The molecule has 21 heavy (non-hydrogen) atoms. The van der Waals surface area contributed by atoms with Crippen molar-refractivity contribution in [1.82, 2.24) is 5.32 Å². The zero-order valence-electron chi connectivity index (χ0n) is 13.9. The molecule has 4 saturated carbocycles. The Morgan fingerprint density at radius 3 is 2.33 bits per heavy atom. The molecule has 4 fully saturated rings. The smallest absolute Gasteiger partial charge is 0.226 e. The van der Waals surface area contributed by atoms with E-state index in [-0.39, 0.29) is 18.1 Å². The van der Waals surface area contributed by atoms with E-state index in [1.165, 1.54) is 19.3 Å². The quantitative estimate of drug-likeness (QED) is 0.817. The van der Waals surface area contributed by atoms with E-state index in [0.717, 1.165) is 38.0 Å². The van der Waals surface area contributed by atoms with Crippen molar-refractivity contribution >= 4 is 5.91 Å². The average Bonchev–Trinajstić information content (AvgIpc) is 2.31. The third-order valence-electron chi connectivity index (χ3n) is 6.28. The van der Waals surface area contributed by atoms with Crippen LogP contribution in [0.5, 0.6) is 0 Å². The third-order valence-corrected chi connectivity index (χ3v) is 6.28. The monoisotopic (exact) mass is 293 g/mol. The Bertz CT molecular complexity index is 415. The van der Waals surface area contributed by atoms with Crippen LogP contribution in [0, 0.1) is 22.2 Å². The number of nitrogens with one attached hydrogen (secondary N) is 1. The molecule has 0 saturated heterocycles. The van der Waals surface area contributed by atoms with Crippen LogP contribution in [0.2, 0.25) is 0 Å². The maximum absolute atomic E-state index is 13.0. The van der Waals surface area contributed by atoms with Crippen molar-refractivity contribution in [1.29, 1.82) is 0 Å².